The predicted octanol–water partition coefficient (Wildman–Crippen LogP) is 5.46. The Morgan fingerprint density at radius 1 is 1.02 bits per heavy atom. The van der Waals surface area contributed by atoms with Crippen molar-refractivity contribution in [2.75, 3.05) is 17.3 Å². The third-order valence-corrected chi connectivity index (χ3v) is 7.76. The molecule has 0 fully saturated rings. The van der Waals surface area contributed by atoms with E-state index in [0.717, 1.165) is 16.0 Å². The van der Waals surface area contributed by atoms with Crippen LogP contribution in [0.25, 0.3) is 22.7 Å². The lowest BCUT2D eigenvalue weighted by atomic mass is 10.1. The van der Waals surface area contributed by atoms with E-state index in [1.165, 1.54) is 11.3 Å². The van der Waals surface area contributed by atoms with Crippen LogP contribution in [0.4, 0.5) is 11.6 Å². The highest BCUT2D eigenvalue weighted by atomic mass is 32.1. The highest BCUT2D eigenvalue weighted by Crippen LogP contribution is 2.29. The maximum Gasteiger partial charge on any atom is 0.268 e. The van der Waals surface area contributed by atoms with Crippen molar-refractivity contribution in [1.82, 2.24) is 14.5 Å². The lowest BCUT2D eigenvalue weighted by Crippen LogP contribution is -2.26. The van der Waals surface area contributed by atoms with Crippen molar-refractivity contribution in [2.45, 2.75) is 19.9 Å². The summed E-state index contributed by atoms with van der Waals surface area (Å²) in [6, 6.07) is 21.9. The first-order valence-electron chi connectivity index (χ1n) is 12.9. The molecule has 0 unspecified atom stereocenters. The number of nitrogens with zero attached hydrogens (tertiary/aromatic N) is 4. The number of primary amides is 1. The van der Waals surface area contributed by atoms with E-state index < -0.39 is 5.91 Å². The van der Waals surface area contributed by atoms with E-state index in [1.54, 1.807) is 59.2 Å². The molecule has 0 aliphatic carbocycles. The minimum absolute atomic E-state index is 0.0734. The largest absolute Gasteiger partial charge is 0.370 e. The van der Waals surface area contributed by atoms with Crippen molar-refractivity contribution in [3.05, 3.63) is 106 Å². The molecule has 5 aromatic rings. The van der Waals surface area contributed by atoms with Gasteiger partial charge in [0.2, 0.25) is 11.9 Å². The summed E-state index contributed by atoms with van der Waals surface area (Å²) in [6.45, 7) is 2.23. The van der Waals surface area contributed by atoms with Crippen LogP contribution in [-0.2, 0) is 11.3 Å². The molecule has 0 spiro atoms. The quantitative estimate of drug-likeness (QED) is 0.246. The molecule has 3 N–H and O–H groups in total. The first-order valence-corrected chi connectivity index (χ1v) is 13.7. The monoisotopic (exact) mass is 564 g/mol. The number of anilines is 2. The third-order valence-electron chi connectivity index (χ3n) is 6.54. The van der Waals surface area contributed by atoms with E-state index in [-0.39, 0.29) is 30.7 Å². The molecule has 0 saturated carbocycles. The summed E-state index contributed by atoms with van der Waals surface area (Å²) < 4.78 is 1.75. The Morgan fingerprint density at radius 2 is 1.80 bits per heavy atom. The first kappa shape index (κ1) is 27.5. The Balaban J connectivity index is 1.41. The van der Waals surface area contributed by atoms with Crippen LogP contribution in [0, 0.1) is 0 Å². The van der Waals surface area contributed by atoms with E-state index in [9.17, 15) is 14.4 Å². The van der Waals surface area contributed by atoms with Gasteiger partial charge in [0.1, 0.15) is 0 Å². The Morgan fingerprint density at radius 3 is 2.54 bits per heavy atom. The van der Waals surface area contributed by atoms with Gasteiger partial charge in [-0.25, -0.2) is 4.98 Å². The number of aryl methyl sites for hydroxylation is 1. The van der Waals surface area contributed by atoms with Crippen LogP contribution < -0.4 is 16.0 Å². The minimum atomic E-state index is -0.465. The van der Waals surface area contributed by atoms with E-state index >= 15 is 0 Å². The Kier molecular flexibility index (Phi) is 8.02. The first-order chi connectivity index (χ1) is 19.8. The summed E-state index contributed by atoms with van der Waals surface area (Å²) in [4.78, 5) is 49.6. The van der Waals surface area contributed by atoms with Gasteiger partial charge in [-0.3, -0.25) is 24.7 Å². The molecule has 0 aliphatic rings. The van der Waals surface area contributed by atoms with Crippen LogP contribution >= 0.6 is 11.3 Å². The van der Waals surface area contributed by atoms with Crippen molar-refractivity contribution in [2.24, 2.45) is 5.73 Å². The second-order valence-corrected chi connectivity index (χ2v) is 10.5. The molecule has 0 aliphatic heterocycles. The van der Waals surface area contributed by atoms with Gasteiger partial charge in [-0.15, -0.1) is 11.3 Å². The Labute approximate surface area is 241 Å². The van der Waals surface area contributed by atoms with Gasteiger partial charge in [0.25, 0.3) is 11.8 Å². The van der Waals surface area contributed by atoms with Crippen molar-refractivity contribution >= 4 is 63.4 Å². The summed E-state index contributed by atoms with van der Waals surface area (Å²) >= 11 is 1.37. The number of pyridine rings is 1. The number of thiophene rings is 1. The number of nitrogens with one attached hydrogen (secondary N) is 1. The molecular weight excluding hydrogens is 536 g/mol. The number of allylic oxidation sites excluding steroid dienone is 1. The van der Waals surface area contributed by atoms with Crippen molar-refractivity contribution in [1.29, 1.82) is 0 Å². The molecule has 206 valence electrons. The Hall–Kier alpha value is -5.09. The highest BCUT2D eigenvalue weighted by molar-refractivity contribution is 7.15. The van der Waals surface area contributed by atoms with E-state index in [0.29, 0.717) is 27.2 Å². The molecule has 0 radical (unpaired) electrons. The molecule has 3 heterocycles. The molecule has 0 bridgehead atoms. The second-order valence-electron chi connectivity index (χ2n) is 9.44. The molecule has 10 heteroatoms. The van der Waals surface area contributed by atoms with Crippen LogP contribution in [0.1, 0.15) is 43.8 Å². The number of imidazole rings is 1. The highest BCUT2D eigenvalue weighted by Gasteiger charge is 2.19. The van der Waals surface area contributed by atoms with Crippen LogP contribution in [-0.4, -0.2) is 39.3 Å². The standard InChI is InChI=1S/C31H28N6O3S/c1-20(17-21-7-6-15-33-19-21)26-12-13-27(41-26)29(39)35-31-34-24-18-23(10-11-25(24)37(31)16-14-28(32)38)36(2)30(40)22-8-4-3-5-9-22/h3-13,15,17-19H,14,16H2,1-2H3,(H2,32,38)(H,34,35,39)/b20-17+. The van der Waals surface area contributed by atoms with Crippen molar-refractivity contribution in [3.63, 3.8) is 0 Å². The molecule has 0 saturated heterocycles. The van der Waals surface area contributed by atoms with E-state index in [1.807, 2.05) is 55.5 Å². The van der Waals surface area contributed by atoms with Gasteiger partial charge in [0.15, 0.2) is 0 Å². The normalized spacial score (nSPS) is 11.4. The topological polar surface area (TPSA) is 123 Å². The molecule has 2 aromatic carbocycles. The number of hydrogen-bond donors (Lipinski definition) is 2. The second kappa shape index (κ2) is 12.0. The number of rotatable bonds is 9. The van der Waals surface area contributed by atoms with Gasteiger partial charge in [-0.05, 0) is 72.7 Å². The van der Waals surface area contributed by atoms with Crippen molar-refractivity contribution in [3.8, 4) is 0 Å². The average molecular weight is 565 g/mol. The number of nitrogens with two attached hydrogens (primary N) is 1. The Bertz CT molecular complexity index is 1760. The zero-order chi connectivity index (χ0) is 28.9. The predicted molar refractivity (Wildman–Crippen MR) is 163 cm³/mol. The summed E-state index contributed by atoms with van der Waals surface area (Å²) in [5, 5.41) is 2.90. The molecule has 3 amide bonds. The van der Waals surface area contributed by atoms with E-state index in [4.69, 9.17) is 5.73 Å². The summed E-state index contributed by atoms with van der Waals surface area (Å²) in [7, 11) is 1.70. The molecule has 9 nitrogen and oxygen atoms in total. The lowest BCUT2D eigenvalue weighted by molar-refractivity contribution is -0.118. The fraction of sp³-hybridized carbons (Fsp3) is 0.129. The van der Waals surface area contributed by atoms with Gasteiger partial charge in [0.05, 0.1) is 15.9 Å². The number of hydrogen-bond acceptors (Lipinski definition) is 6. The van der Waals surface area contributed by atoms with Gasteiger partial charge in [-0.1, -0.05) is 24.3 Å². The number of amides is 3. The maximum atomic E-state index is 13.3. The number of carbonyl (C=O) groups is 3. The van der Waals surface area contributed by atoms with Crippen molar-refractivity contribution < 1.29 is 14.4 Å². The van der Waals surface area contributed by atoms with Crippen LogP contribution in [0.15, 0.2) is 85.2 Å². The molecule has 3 aromatic heterocycles. The minimum Gasteiger partial charge on any atom is -0.370 e. The van der Waals surface area contributed by atoms with E-state index in [2.05, 4.69) is 15.3 Å². The smallest absolute Gasteiger partial charge is 0.268 e. The fourth-order valence-corrected chi connectivity index (χ4v) is 5.25. The van der Waals surface area contributed by atoms with Gasteiger partial charge in [0, 0.05) is 48.5 Å². The maximum absolute atomic E-state index is 13.3. The lowest BCUT2D eigenvalue weighted by Gasteiger charge is -2.17. The third kappa shape index (κ3) is 6.23. The average Bonchev–Trinajstić information content (AvgIpc) is 3.61. The number of carbonyl (C=O) groups excluding carboxylic acids is 3. The van der Waals surface area contributed by atoms with Crippen LogP contribution in [0.2, 0.25) is 0 Å². The number of aromatic nitrogens is 3. The molecule has 41 heavy (non-hydrogen) atoms. The van der Waals surface area contributed by atoms with Gasteiger partial charge < -0.3 is 15.2 Å². The molecule has 0 atom stereocenters. The van der Waals surface area contributed by atoms with Gasteiger partial charge >= 0.3 is 0 Å². The fourth-order valence-electron chi connectivity index (χ4n) is 4.38. The van der Waals surface area contributed by atoms with Crippen LogP contribution in [0.3, 0.4) is 0 Å². The zero-order valence-electron chi connectivity index (χ0n) is 22.6. The summed E-state index contributed by atoms with van der Waals surface area (Å²) in [5.41, 5.74) is 9.88. The SMILES string of the molecule is C/C(=C\c1cccnc1)c1ccc(C(=O)Nc2nc3cc(N(C)C(=O)c4ccccc4)ccc3n2CCC(N)=O)s1. The van der Waals surface area contributed by atoms with Crippen LogP contribution in [0.5, 0.6) is 0 Å². The summed E-state index contributed by atoms with van der Waals surface area (Å²) in [5.74, 6) is -0.651. The molecule has 5 rings (SSSR count). The zero-order valence-corrected chi connectivity index (χ0v) is 23.4. The summed E-state index contributed by atoms with van der Waals surface area (Å²) in [6.07, 6.45) is 5.59. The molecular formula is C31H28N6O3S. The number of fused-ring (bicyclic) bond motifs is 1. The van der Waals surface area contributed by atoms with Gasteiger partial charge in [-0.2, -0.15) is 0 Å². The number of benzene rings is 2.